The molecule has 0 heterocycles. The van der Waals surface area contributed by atoms with E-state index in [9.17, 15) is 15.0 Å². The van der Waals surface area contributed by atoms with Crippen LogP contribution in [0, 0.1) is 0 Å². The summed E-state index contributed by atoms with van der Waals surface area (Å²) in [5.74, 6) is -1.17. The van der Waals surface area contributed by atoms with Crippen molar-refractivity contribution in [1.29, 1.82) is 0 Å². The molecule has 0 spiro atoms. The third-order valence-electron chi connectivity index (χ3n) is 4.39. The Morgan fingerprint density at radius 2 is 1.29 bits per heavy atom. The number of halogens is 1. The van der Waals surface area contributed by atoms with Crippen LogP contribution in [0.25, 0.3) is 0 Å². The van der Waals surface area contributed by atoms with Gasteiger partial charge in [0.15, 0.2) is 27.8 Å². The molecule has 1 aromatic rings. The molecule has 136 valence electrons. The Labute approximate surface area is 153 Å². The predicted molar refractivity (Wildman–Crippen MR) is 100.0 cm³/mol. The number of aromatic hydroxyl groups is 2. The summed E-state index contributed by atoms with van der Waals surface area (Å²) in [5, 5.41) is 20.9. The second-order valence-corrected chi connectivity index (χ2v) is 6.51. The number of benzene rings is 1. The molecule has 0 aliphatic heterocycles. The van der Waals surface area contributed by atoms with Gasteiger partial charge in [-0.3, -0.25) is 0 Å². The molecule has 0 atom stereocenters. The Bertz CT molecular complexity index is 555. The molecule has 0 aliphatic carbocycles. The Morgan fingerprint density at radius 3 is 1.75 bits per heavy atom. The Balaban J connectivity index is 3.58. The summed E-state index contributed by atoms with van der Waals surface area (Å²) < 4.78 is 4.68. The van der Waals surface area contributed by atoms with Crippen molar-refractivity contribution in [3.8, 4) is 11.5 Å². The lowest BCUT2D eigenvalue weighted by Crippen LogP contribution is -2.11. The summed E-state index contributed by atoms with van der Waals surface area (Å²) >= 11 is 2.71. The van der Waals surface area contributed by atoms with Crippen molar-refractivity contribution in [2.45, 2.75) is 78.6 Å². The molecule has 0 saturated heterocycles. The van der Waals surface area contributed by atoms with E-state index in [1.54, 1.807) is 0 Å². The molecule has 5 heteroatoms. The van der Waals surface area contributed by atoms with Gasteiger partial charge in [0.25, 0.3) is 0 Å². The van der Waals surface area contributed by atoms with Gasteiger partial charge in [-0.05, 0) is 49.7 Å². The van der Waals surface area contributed by atoms with Crippen LogP contribution in [0.3, 0.4) is 0 Å². The van der Waals surface area contributed by atoms with Gasteiger partial charge in [0.05, 0.1) is 0 Å². The molecule has 0 amide bonds. The highest BCUT2D eigenvalue weighted by Gasteiger charge is 2.27. The monoisotopic (exact) mass is 400 g/mol. The fourth-order valence-corrected chi connectivity index (χ4v) is 3.21. The van der Waals surface area contributed by atoms with E-state index in [1.807, 2.05) is 0 Å². The van der Waals surface area contributed by atoms with E-state index in [-0.39, 0.29) is 17.1 Å². The lowest BCUT2D eigenvalue weighted by Gasteiger charge is -2.21. The summed E-state index contributed by atoms with van der Waals surface area (Å²) in [6, 6.07) is 0. The van der Waals surface area contributed by atoms with E-state index in [0.717, 1.165) is 61.6 Å². The molecule has 0 unspecified atom stereocenters. The number of phenolic OH excluding ortho intramolecular Hbond substituents is 2. The number of rotatable bonds is 10. The van der Waals surface area contributed by atoms with Crippen LogP contribution in [0.1, 0.15) is 86.3 Å². The summed E-state index contributed by atoms with van der Waals surface area (Å²) in [6.45, 7) is 6.30. The zero-order valence-corrected chi connectivity index (χ0v) is 16.5. The van der Waals surface area contributed by atoms with Crippen LogP contribution in [-0.4, -0.2) is 16.2 Å². The molecular weight excluding hydrogens is 372 g/mol. The first kappa shape index (κ1) is 20.8. The molecule has 4 nitrogen and oxygen atoms in total. The highest BCUT2D eigenvalue weighted by Crippen LogP contribution is 2.41. The average molecular weight is 401 g/mol. The summed E-state index contributed by atoms with van der Waals surface area (Å²) in [7, 11) is 0. The quantitative estimate of drug-likeness (QED) is 0.502. The van der Waals surface area contributed by atoms with Crippen molar-refractivity contribution in [2.24, 2.45) is 0 Å². The molecule has 2 N–H and O–H groups in total. The zero-order chi connectivity index (χ0) is 18.1. The van der Waals surface area contributed by atoms with Crippen molar-refractivity contribution < 1.29 is 18.8 Å². The molecule has 0 fully saturated rings. The van der Waals surface area contributed by atoms with E-state index in [1.165, 1.54) is 0 Å². The van der Waals surface area contributed by atoms with Crippen LogP contribution >= 0.6 is 16.3 Å². The summed E-state index contributed by atoms with van der Waals surface area (Å²) in [6.07, 6.45) is 8.04. The van der Waals surface area contributed by atoms with Crippen molar-refractivity contribution in [3.63, 3.8) is 0 Å². The third-order valence-corrected chi connectivity index (χ3v) is 4.69. The lowest BCUT2D eigenvalue weighted by atomic mass is 9.86. The van der Waals surface area contributed by atoms with Crippen LogP contribution in [0.4, 0.5) is 0 Å². The topological polar surface area (TPSA) is 66.8 Å². The first-order chi connectivity index (χ1) is 11.5. The van der Waals surface area contributed by atoms with Gasteiger partial charge in [0.2, 0.25) is 0 Å². The molecular formula is C19H29BrO4. The fraction of sp³-hybridized carbons (Fsp3) is 0.632. The van der Waals surface area contributed by atoms with Crippen LogP contribution in [-0.2, 0) is 23.1 Å². The third kappa shape index (κ3) is 4.88. The number of carbonyl (C=O) groups excluding carboxylic acids is 1. The van der Waals surface area contributed by atoms with E-state index < -0.39 is 5.97 Å². The maximum absolute atomic E-state index is 12.2. The van der Waals surface area contributed by atoms with Crippen molar-refractivity contribution in [3.05, 3.63) is 22.3 Å². The van der Waals surface area contributed by atoms with Crippen molar-refractivity contribution >= 4 is 22.2 Å². The van der Waals surface area contributed by atoms with Gasteiger partial charge in [0, 0.05) is 5.56 Å². The van der Waals surface area contributed by atoms with E-state index in [0.29, 0.717) is 12.8 Å². The van der Waals surface area contributed by atoms with Crippen LogP contribution in [0.2, 0.25) is 0 Å². The molecule has 1 aromatic carbocycles. The van der Waals surface area contributed by atoms with E-state index in [4.69, 9.17) is 0 Å². The maximum Gasteiger partial charge on any atom is 0.353 e. The van der Waals surface area contributed by atoms with Gasteiger partial charge >= 0.3 is 5.97 Å². The highest BCUT2D eigenvalue weighted by atomic mass is 79.9. The number of phenols is 2. The molecule has 0 radical (unpaired) electrons. The molecule has 0 bridgehead atoms. The fourth-order valence-electron chi connectivity index (χ4n) is 3.05. The first-order valence-electron chi connectivity index (χ1n) is 8.94. The lowest BCUT2D eigenvalue weighted by molar-refractivity contribution is 0.0776. The van der Waals surface area contributed by atoms with Gasteiger partial charge in [0.1, 0.15) is 5.56 Å². The highest BCUT2D eigenvalue weighted by molar-refractivity contribution is 9.06. The smallest absolute Gasteiger partial charge is 0.353 e. The van der Waals surface area contributed by atoms with Crippen LogP contribution in [0.5, 0.6) is 11.5 Å². The SMILES string of the molecule is CCCCc1c(O)c(O)c(C(=O)OBr)c(CCCC)c1CCCC. The average Bonchev–Trinajstić information content (AvgIpc) is 2.59. The Kier molecular flexibility index (Phi) is 9.19. The summed E-state index contributed by atoms with van der Waals surface area (Å²) in [4.78, 5) is 12.2. The zero-order valence-electron chi connectivity index (χ0n) is 15.0. The van der Waals surface area contributed by atoms with Gasteiger partial charge < -0.3 is 14.0 Å². The molecule has 0 saturated carbocycles. The minimum atomic E-state index is -0.659. The molecule has 0 aliphatic rings. The number of hydrogen-bond donors (Lipinski definition) is 2. The second kappa shape index (κ2) is 10.6. The van der Waals surface area contributed by atoms with Gasteiger partial charge in [-0.15, -0.1) is 0 Å². The van der Waals surface area contributed by atoms with Crippen LogP contribution in [0.15, 0.2) is 0 Å². The standard InChI is InChI=1S/C19H29BrO4/c1-4-7-10-13-14(11-8-5-2)16(19(23)24-20)18(22)17(21)15(13)12-9-6-3/h21-22H,4-12H2,1-3H3. The van der Waals surface area contributed by atoms with E-state index in [2.05, 4.69) is 40.9 Å². The molecule has 24 heavy (non-hydrogen) atoms. The number of hydrogen-bond acceptors (Lipinski definition) is 4. The predicted octanol–water partition coefficient (Wildman–Crippen LogP) is 5.59. The van der Waals surface area contributed by atoms with Crippen molar-refractivity contribution in [1.82, 2.24) is 0 Å². The number of unbranched alkanes of at least 4 members (excludes halogenated alkanes) is 3. The Hall–Kier alpha value is -1.23. The molecule has 1 rings (SSSR count). The largest absolute Gasteiger partial charge is 0.504 e. The second-order valence-electron chi connectivity index (χ2n) is 6.18. The van der Waals surface area contributed by atoms with Crippen LogP contribution < -0.4 is 0 Å². The first-order valence-corrected chi connectivity index (χ1v) is 9.59. The molecule has 0 aromatic heterocycles. The van der Waals surface area contributed by atoms with Crippen molar-refractivity contribution in [2.75, 3.05) is 0 Å². The maximum atomic E-state index is 12.2. The minimum absolute atomic E-state index is 0.101. The number of carbonyl (C=O) groups is 1. The van der Waals surface area contributed by atoms with Gasteiger partial charge in [-0.2, -0.15) is 0 Å². The minimum Gasteiger partial charge on any atom is -0.504 e. The van der Waals surface area contributed by atoms with Gasteiger partial charge in [-0.1, -0.05) is 40.0 Å². The van der Waals surface area contributed by atoms with E-state index >= 15 is 0 Å². The Morgan fingerprint density at radius 1 is 0.833 bits per heavy atom. The summed E-state index contributed by atoms with van der Waals surface area (Å²) in [5.41, 5.74) is 2.74. The van der Waals surface area contributed by atoms with Gasteiger partial charge in [-0.25, -0.2) is 4.79 Å². The normalized spacial score (nSPS) is 10.8.